The predicted molar refractivity (Wildman–Crippen MR) is 58.5 cm³/mol. The molecule has 1 heterocycles. The summed E-state index contributed by atoms with van der Waals surface area (Å²) in [6.45, 7) is 2.45. The fourth-order valence-corrected chi connectivity index (χ4v) is 2.09. The average molecular weight is 191 g/mol. The van der Waals surface area contributed by atoms with E-state index < -0.39 is 0 Å². The first kappa shape index (κ1) is 9.53. The molecule has 76 valence electrons. The SMILES string of the molecule is OC[C@H]1CCCN(c2ccccc2)C1. The molecule has 1 atom stereocenters. The summed E-state index contributed by atoms with van der Waals surface area (Å²) in [5.74, 6) is 0.462. The van der Waals surface area contributed by atoms with Crippen LogP contribution >= 0.6 is 0 Å². The molecule has 0 radical (unpaired) electrons. The molecule has 2 nitrogen and oxygen atoms in total. The maximum absolute atomic E-state index is 9.13. The van der Waals surface area contributed by atoms with Crippen LogP contribution in [-0.4, -0.2) is 24.8 Å². The minimum Gasteiger partial charge on any atom is -0.396 e. The Morgan fingerprint density at radius 3 is 2.79 bits per heavy atom. The van der Waals surface area contributed by atoms with Gasteiger partial charge in [0.25, 0.3) is 0 Å². The van der Waals surface area contributed by atoms with Gasteiger partial charge < -0.3 is 10.0 Å². The largest absolute Gasteiger partial charge is 0.396 e. The van der Waals surface area contributed by atoms with Gasteiger partial charge in [-0.3, -0.25) is 0 Å². The quantitative estimate of drug-likeness (QED) is 0.771. The van der Waals surface area contributed by atoms with Crippen LogP contribution in [0.1, 0.15) is 12.8 Å². The van der Waals surface area contributed by atoms with Crippen LogP contribution in [0.2, 0.25) is 0 Å². The summed E-state index contributed by atoms with van der Waals surface area (Å²) in [6, 6.07) is 10.5. The zero-order valence-corrected chi connectivity index (χ0v) is 8.39. The molecule has 0 spiro atoms. The smallest absolute Gasteiger partial charge is 0.0476 e. The zero-order chi connectivity index (χ0) is 9.80. The highest BCUT2D eigenvalue weighted by molar-refractivity contribution is 5.46. The Bertz CT molecular complexity index is 273. The van der Waals surface area contributed by atoms with E-state index in [0.717, 1.165) is 13.1 Å². The summed E-state index contributed by atoms with van der Waals surface area (Å²) in [4.78, 5) is 2.37. The molecule has 1 saturated heterocycles. The summed E-state index contributed by atoms with van der Waals surface area (Å²) in [6.07, 6.45) is 2.36. The summed E-state index contributed by atoms with van der Waals surface area (Å²) >= 11 is 0. The van der Waals surface area contributed by atoms with E-state index in [1.165, 1.54) is 18.5 Å². The number of benzene rings is 1. The predicted octanol–water partition coefficient (Wildman–Crippen LogP) is 1.90. The lowest BCUT2D eigenvalue weighted by molar-refractivity contribution is 0.209. The van der Waals surface area contributed by atoms with Crippen LogP contribution in [0.5, 0.6) is 0 Å². The normalized spacial score (nSPS) is 22.4. The number of hydrogen-bond donors (Lipinski definition) is 1. The monoisotopic (exact) mass is 191 g/mol. The van der Waals surface area contributed by atoms with E-state index in [0.29, 0.717) is 12.5 Å². The molecule has 2 heteroatoms. The third kappa shape index (κ3) is 2.07. The van der Waals surface area contributed by atoms with Crippen molar-refractivity contribution < 1.29 is 5.11 Å². The van der Waals surface area contributed by atoms with Crippen molar-refractivity contribution in [3.63, 3.8) is 0 Å². The first-order chi connectivity index (χ1) is 6.90. The van der Waals surface area contributed by atoms with Gasteiger partial charge in [0.2, 0.25) is 0 Å². The van der Waals surface area contributed by atoms with Crippen molar-refractivity contribution >= 4 is 5.69 Å². The molecule has 0 aliphatic carbocycles. The molecule has 0 bridgehead atoms. The van der Waals surface area contributed by atoms with Crippen molar-refractivity contribution in [2.45, 2.75) is 12.8 Å². The maximum atomic E-state index is 9.13. The van der Waals surface area contributed by atoms with Crippen LogP contribution < -0.4 is 4.90 Å². The van der Waals surface area contributed by atoms with Gasteiger partial charge in [0, 0.05) is 25.4 Å². The Kier molecular flexibility index (Phi) is 3.04. The molecule has 0 saturated carbocycles. The van der Waals surface area contributed by atoms with Gasteiger partial charge in [-0.15, -0.1) is 0 Å². The molecule has 1 N–H and O–H groups in total. The van der Waals surface area contributed by atoms with Crippen LogP contribution in [0.25, 0.3) is 0 Å². The van der Waals surface area contributed by atoms with Gasteiger partial charge in [0.1, 0.15) is 0 Å². The van der Waals surface area contributed by atoms with E-state index in [1.807, 2.05) is 6.07 Å². The molecule has 2 rings (SSSR count). The van der Waals surface area contributed by atoms with Crippen LogP contribution in [0, 0.1) is 5.92 Å². The minimum atomic E-state index is 0.323. The Balaban J connectivity index is 2.04. The van der Waals surface area contributed by atoms with Gasteiger partial charge >= 0.3 is 0 Å². The molecule has 1 aromatic rings. The van der Waals surface area contributed by atoms with Gasteiger partial charge in [-0.1, -0.05) is 18.2 Å². The van der Waals surface area contributed by atoms with E-state index in [-0.39, 0.29) is 0 Å². The second kappa shape index (κ2) is 4.47. The topological polar surface area (TPSA) is 23.5 Å². The van der Waals surface area contributed by atoms with Crippen LogP contribution in [0.4, 0.5) is 5.69 Å². The number of rotatable bonds is 2. The summed E-state index contributed by atoms with van der Waals surface area (Å²) in [5.41, 5.74) is 1.28. The third-order valence-electron chi connectivity index (χ3n) is 2.90. The number of piperidine rings is 1. The van der Waals surface area contributed by atoms with E-state index >= 15 is 0 Å². The molecular formula is C12H17NO. The van der Waals surface area contributed by atoms with Crippen molar-refractivity contribution in [2.75, 3.05) is 24.6 Å². The molecule has 1 aliphatic rings. The van der Waals surface area contributed by atoms with E-state index in [2.05, 4.69) is 29.2 Å². The second-order valence-corrected chi connectivity index (χ2v) is 3.97. The standard InChI is InChI=1S/C12H17NO/c14-10-11-5-4-8-13(9-11)12-6-2-1-3-7-12/h1-3,6-7,11,14H,4-5,8-10H2/t11-/m0/s1. The van der Waals surface area contributed by atoms with E-state index in [9.17, 15) is 0 Å². The summed E-state index contributed by atoms with van der Waals surface area (Å²) in [7, 11) is 0. The van der Waals surface area contributed by atoms with E-state index in [1.54, 1.807) is 0 Å². The van der Waals surface area contributed by atoms with Crippen molar-refractivity contribution in [2.24, 2.45) is 5.92 Å². The zero-order valence-electron chi connectivity index (χ0n) is 8.39. The van der Waals surface area contributed by atoms with Gasteiger partial charge in [0.05, 0.1) is 0 Å². The Morgan fingerprint density at radius 1 is 1.29 bits per heavy atom. The minimum absolute atomic E-state index is 0.323. The van der Waals surface area contributed by atoms with E-state index in [4.69, 9.17) is 5.11 Å². The number of nitrogens with zero attached hydrogens (tertiary/aromatic N) is 1. The Morgan fingerprint density at radius 2 is 2.07 bits per heavy atom. The van der Waals surface area contributed by atoms with Crippen molar-refractivity contribution in [3.8, 4) is 0 Å². The Hall–Kier alpha value is -1.02. The fourth-order valence-electron chi connectivity index (χ4n) is 2.09. The van der Waals surface area contributed by atoms with Gasteiger partial charge in [-0.2, -0.15) is 0 Å². The molecule has 0 unspecified atom stereocenters. The lowest BCUT2D eigenvalue weighted by Gasteiger charge is -2.33. The fraction of sp³-hybridized carbons (Fsp3) is 0.500. The third-order valence-corrected chi connectivity index (χ3v) is 2.90. The molecule has 1 aromatic carbocycles. The summed E-state index contributed by atoms with van der Waals surface area (Å²) < 4.78 is 0. The number of aliphatic hydroxyl groups excluding tert-OH is 1. The first-order valence-corrected chi connectivity index (χ1v) is 5.31. The number of hydrogen-bond acceptors (Lipinski definition) is 2. The molecule has 1 aliphatic heterocycles. The van der Waals surface area contributed by atoms with Crippen molar-refractivity contribution in [1.82, 2.24) is 0 Å². The van der Waals surface area contributed by atoms with Crippen LogP contribution in [-0.2, 0) is 0 Å². The highest BCUT2D eigenvalue weighted by atomic mass is 16.3. The van der Waals surface area contributed by atoms with Crippen molar-refractivity contribution in [3.05, 3.63) is 30.3 Å². The van der Waals surface area contributed by atoms with Gasteiger partial charge in [0.15, 0.2) is 0 Å². The second-order valence-electron chi connectivity index (χ2n) is 3.97. The Labute approximate surface area is 85.2 Å². The molecule has 0 amide bonds. The lowest BCUT2D eigenvalue weighted by atomic mass is 9.98. The average Bonchev–Trinajstić information content (AvgIpc) is 2.30. The highest BCUT2D eigenvalue weighted by Gasteiger charge is 2.18. The molecule has 14 heavy (non-hydrogen) atoms. The number of aliphatic hydroxyl groups is 1. The number of anilines is 1. The summed E-state index contributed by atoms with van der Waals surface area (Å²) in [5, 5.41) is 9.13. The molecule has 1 fully saturated rings. The van der Waals surface area contributed by atoms with Crippen LogP contribution in [0.3, 0.4) is 0 Å². The van der Waals surface area contributed by atoms with Gasteiger partial charge in [-0.25, -0.2) is 0 Å². The maximum Gasteiger partial charge on any atom is 0.0476 e. The van der Waals surface area contributed by atoms with Crippen LogP contribution in [0.15, 0.2) is 30.3 Å². The lowest BCUT2D eigenvalue weighted by Crippen LogP contribution is -2.36. The first-order valence-electron chi connectivity index (χ1n) is 5.31. The molecular weight excluding hydrogens is 174 g/mol. The van der Waals surface area contributed by atoms with Gasteiger partial charge in [-0.05, 0) is 30.9 Å². The molecule has 0 aromatic heterocycles. The van der Waals surface area contributed by atoms with Crippen molar-refractivity contribution in [1.29, 1.82) is 0 Å². The highest BCUT2D eigenvalue weighted by Crippen LogP contribution is 2.22. The number of para-hydroxylation sites is 1.